The van der Waals surface area contributed by atoms with E-state index < -0.39 is 0 Å². The average Bonchev–Trinajstić information content (AvgIpc) is 3.20. The van der Waals surface area contributed by atoms with Gasteiger partial charge in [0.25, 0.3) is 0 Å². The van der Waals surface area contributed by atoms with Crippen molar-refractivity contribution in [2.45, 2.75) is 57.4 Å². The summed E-state index contributed by atoms with van der Waals surface area (Å²) in [7, 11) is 0. The first-order valence-electron chi connectivity index (χ1n) is 7.00. The highest BCUT2D eigenvalue weighted by Crippen LogP contribution is 2.33. The average molecular weight is 253 g/mol. The fourth-order valence-electron chi connectivity index (χ4n) is 2.74. The molecule has 2 fully saturated rings. The summed E-state index contributed by atoms with van der Waals surface area (Å²) >= 11 is 0. The van der Waals surface area contributed by atoms with Crippen LogP contribution in [-0.4, -0.2) is 23.0 Å². The third-order valence-corrected chi connectivity index (χ3v) is 4.05. The lowest BCUT2D eigenvalue weighted by atomic mass is 9.98. The van der Waals surface area contributed by atoms with Gasteiger partial charge in [0, 0.05) is 5.92 Å². The molecule has 0 saturated heterocycles. The molecule has 0 heterocycles. The molecule has 5 nitrogen and oxygen atoms in total. The number of amides is 1. The Hall–Kier alpha value is -1.26. The molecule has 5 heteroatoms. The van der Waals surface area contributed by atoms with Gasteiger partial charge >= 0.3 is 0 Å². The number of rotatable bonds is 4. The van der Waals surface area contributed by atoms with Gasteiger partial charge in [-0.1, -0.05) is 30.8 Å². The second-order valence-electron chi connectivity index (χ2n) is 5.54. The van der Waals surface area contributed by atoms with Crippen LogP contribution in [0.5, 0.6) is 0 Å². The number of hydrogen-bond acceptors (Lipinski definition) is 3. The van der Waals surface area contributed by atoms with Crippen molar-refractivity contribution in [3.05, 3.63) is 0 Å². The zero-order chi connectivity index (χ0) is 13.0. The van der Waals surface area contributed by atoms with Crippen LogP contribution in [0, 0.1) is 11.8 Å². The Bertz CT molecular complexity index is 318. The van der Waals surface area contributed by atoms with Crippen molar-refractivity contribution in [2.24, 2.45) is 22.7 Å². The molecule has 0 spiro atoms. The Balaban J connectivity index is 1.91. The van der Waals surface area contributed by atoms with Gasteiger partial charge in [-0.05, 0) is 31.6 Å². The monoisotopic (exact) mass is 253 g/mol. The van der Waals surface area contributed by atoms with Crippen LogP contribution >= 0.6 is 0 Å². The first kappa shape index (κ1) is 13.2. The van der Waals surface area contributed by atoms with Crippen LogP contribution in [0.25, 0.3) is 0 Å². The molecule has 102 valence electrons. The Morgan fingerprint density at radius 2 is 1.78 bits per heavy atom. The summed E-state index contributed by atoms with van der Waals surface area (Å²) in [5.41, 5.74) is 5.65. The van der Waals surface area contributed by atoms with E-state index in [9.17, 15) is 4.79 Å². The first-order chi connectivity index (χ1) is 8.72. The lowest BCUT2D eigenvalue weighted by Crippen LogP contribution is -2.48. The largest absolute Gasteiger partial charge is 0.409 e. The van der Waals surface area contributed by atoms with Gasteiger partial charge in [0.05, 0.1) is 6.04 Å². The topological polar surface area (TPSA) is 87.7 Å². The quantitative estimate of drug-likeness (QED) is 0.234. The maximum atomic E-state index is 12.2. The summed E-state index contributed by atoms with van der Waals surface area (Å²) in [6.45, 7) is 0. The maximum absolute atomic E-state index is 12.2. The van der Waals surface area contributed by atoms with Gasteiger partial charge in [-0.3, -0.25) is 4.79 Å². The van der Waals surface area contributed by atoms with Gasteiger partial charge < -0.3 is 16.3 Å². The molecule has 0 aromatic carbocycles. The standard InChI is InChI=1S/C13H23N3O2/c14-12(16-18)11(9-7-8-9)15-13(17)10-5-3-1-2-4-6-10/h9-11,18H,1-8H2,(H2,14,16)(H,15,17). The van der Waals surface area contributed by atoms with Gasteiger partial charge in [-0.2, -0.15) is 0 Å². The number of hydrogen-bond donors (Lipinski definition) is 3. The zero-order valence-corrected chi connectivity index (χ0v) is 10.8. The number of carbonyl (C=O) groups is 1. The number of nitrogens with zero attached hydrogens (tertiary/aromatic N) is 1. The molecule has 2 aliphatic rings. The molecule has 2 rings (SSSR count). The molecule has 0 aromatic rings. The smallest absolute Gasteiger partial charge is 0.223 e. The van der Waals surface area contributed by atoms with Crippen molar-refractivity contribution in [3.63, 3.8) is 0 Å². The highest BCUT2D eigenvalue weighted by molar-refractivity contribution is 5.91. The van der Waals surface area contributed by atoms with E-state index in [0.29, 0.717) is 5.92 Å². The van der Waals surface area contributed by atoms with Crippen molar-refractivity contribution < 1.29 is 10.0 Å². The fourth-order valence-corrected chi connectivity index (χ4v) is 2.74. The summed E-state index contributed by atoms with van der Waals surface area (Å²) in [5, 5.41) is 14.8. The zero-order valence-electron chi connectivity index (χ0n) is 10.8. The van der Waals surface area contributed by atoms with E-state index in [0.717, 1.165) is 38.5 Å². The molecule has 0 radical (unpaired) electrons. The van der Waals surface area contributed by atoms with Crippen LogP contribution in [0.2, 0.25) is 0 Å². The van der Waals surface area contributed by atoms with E-state index in [1.54, 1.807) is 0 Å². The van der Waals surface area contributed by atoms with Crippen LogP contribution in [0.15, 0.2) is 5.16 Å². The highest BCUT2D eigenvalue weighted by atomic mass is 16.4. The van der Waals surface area contributed by atoms with Gasteiger partial charge in [0.15, 0.2) is 5.84 Å². The van der Waals surface area contributed by atoms with E-state index >= 15 is 0 Å². The molecule has 2 aliphatic carbocycles. The molecular weight excluding hydrogens is 230 g/mol. The number of carbonyl (C=O) groups excluding carboxylic acids is 1. The van der Waals surface area contributed by atoms with E-state index in [-0.39, 0.29) is 23.7 Å². The SMILES string of the molecule is NC(=NO)C(NC(=O)C1CCCCCC1)C1CC1. The van der Waals surface area contributed by atoms with Crippen LogP contribution in [0.3, 0.4) is 0 Å². The van der Waals surface area contributed by atoms with E-state index in [2.05, 4.69) is 10.5 Å². The first-order valence-corrected chi connectivity index (χ1v) is 7.00. The van der Waals surface area contributed by atoms with E-state index in [4.69, 9.17) is 10.9 Å². The molecular formula is C13H23N3O2. The minimum absolute atomic E-state index is 0.0837. The van der Waals surface area contributed by atoms with Gasteiger partial charge in [0.2, 0.25) is 5.91 Å². The molecule has 2 saturated carbocycles. The summed E-state index contributed by atoms with van der Waals surface area (Å²) in [5.74, 6) is 0.691. The normalized spacial score (nSPS) is 24.3. The van der Waals surface area contributed by atoms with Crippen LogP contribution in [0.4, 0.5) is 0 Å². The maximum Gasteiger partial charge on any atom is 0.223 e. The Kier molecular flexibility index (Phi) is 4.44. The molecule has 1 atom stereocenters. The van der Waals surface area contributed by atoms with Crippen molar-refractivity contribution in [1.82, 2.24) is 5.32 Å². The molecule has 1 unspecified atom stereocenters. The highest BCUT2D eigenvalue weighted by Gasteiger charge is 2.36. The number of nitrogens with one attached hydrogen (secondary N) is 1. The van der Waals surface area contributed by atoms with Crippen LogP contribution in [0.1, 0.15) is 51.4 Å². The van der Waals surface area contributed by atoms with Gasteiger partial charge in [-0.25, -0.2) is 0 Å². The summed E-state index contributed by atoms with van der Waals surface area (Å²) < 4.78 is 0. The van der Waals surface area contributed by atoms with Crippen molar-refractivity contribution in [1.29, 1.82) is 0 Å². The third-order valence-electron chi connectivity index (χ3n) is 4.05. The van der Waals surface area contributed by atoms with Crippen LogP contribution < -0.4 is 11.1 Å². The molecule has 18 heavy (non-hydrogen) atoms. The predicted octanol–water partition coefficient (Wildman–Crippen LogP) is 1.60. The Labute approximate surface area is 108 Å². The molecule has 0 bridgehead atoms. The summed E-state index contributed by atoms with van der Waals surface area (Å²) in [6.07, 6.45) is 8.77. The third kappa shape index (κ3) is 3.37. The minimum atomic E-state index is -0.272. The van der Waals surface area contributed by atoms with E-state index in [1.165, 1.54) is 12.8 Å². The Morgan fingerprint density at radius 1 is 1.17 bits per heavy atom. The second-order valence-corrected chi connectivity index (χ2v) is 5.54. The fraction of sp³-hybridized carbons (Fsp3) is 0.846. The van der Waals surface area contributed by atoms with E-state index in [1.807, 2.05) is 0 Å². The number of oxime groups is 1. The van der Waals surface area contributed by atoms with Gasteiger partial charge in [0.1, 0.15) is 0 Å². The summed E-state index contributed by atoms with van der Waals surface area (Å²) in [6, 6.07) is -0.272. The predicted molar refractivity (Wildman–Crippen MR) is 69.3 cm³/mol. The summed E-state index contributed by atoms with van der Waals surface area (Å²) in [4.78, 5) is 12.2. The Morgan fingerprint density at radius 3 is 2.28 bits per heavy atom. The van der Waals surface area contributed by atoms with Gasteiger partial charge in [-0.15, -0.1) is 0 Å². The van der Waals surface area contributed by atoms with Crippen molar-refractivity contribution in [3.8, 4) is 0 Å². The van der Waals surface area contributed by atoms with Crippen LogP contribution in [-0.2, 0) is 4.79 Å². The lowest BCUT2D eigenvalue weighted by Gasteiger charge is -2.20. The molecule has 0 aliphatic heterocycles. The van der Waals surface area contributed by atoms with Crippen molar-refractivity contribution >= 4 is 11.7 Å². The molecule has 4 N–H and O–H groups in total. The lowest BCUT2D eigenvalue weighted by molar-refractivity contribution is -0.125. The van der Waals surface area contributed by atoms with Crippen molar-refractivity contribution in [2.75, 3.05) is 0 Å². The second kappa shape index (κ2) is 6.07. The molecule has 1 amide bonds. The molecule has 0 aromatic heterocycles. The minimum Gasteiger partial charge on any atom is -0.409 e. The number of amidine groups is 1. The number of nitrogens with two attached hydrogens (primary N) is 1.